The lowest BCUT2D eigenvalue weighted by atomic mass is 9.99. The predicted molar refractivity (Wildman–Crippen MR) is 80.6 cm³/mol. The van der Waals surface area contributed by atoms with Crippen molar-refractivity contribution < 1.29 is 4.39 Å². The molecule has 2 nitrogen and oxygen atoms in total. The Morgan fingerprint density at radius 3 is 2.65 bits per heavy atom. The van der Waals surface area contributed by atoms with Crippen molar-refractivity contribution in [3.63, 3.8) is 0 Å². The first-order valence-electron chi connectivity index (χ1n) is 7.39. The van der Waals surface area contributed by atoms with Gasteiger partial charge >= 0.3 is 0 Å². The zero-order chi connectivity index (χ0) is 14.3. The summed E-state index contributed by atoms with van der Waals surface area (Å²) in [5, 5.41) is -0.172. The zero-order valence-electron chi connectivity index (χ0n) is 11.9. The molecule has 0 aliphatic heterocycles. The van der Waals surface area contributed by atoms with Gasteiger partial charge in [-0.3, -0.25) is 0 Å². The predicted octanol–water partition coefficient (Wildman–Crippen LogP) is 5.23. The minimum Gasteiger partial charge on any atom is -0.324 e. The lowest BCUT2D eigenvalue weighted by molar-refractivity contribution is 0.359. The van der Waals surface area contributed by atoms with Crippen LogP contribution in [0.3, 0.4) is 0 Å². The molecule has 108 valence electrons. The molecule has 4 heteroatoms. The van der Waals surface area contributed by atoms with Crippen LogP contribution in [0.25, 0.3) is 11.0 Å². The van der Waals surface area contributed by atoms with Crippen LogP contribution in [-0.4, -0.2) is 9.55 Å². The molecule has 0 amide bonds. The fourth-order valence-electron chi connectivity index (χ4n) is 3.44. The van der Waals surface area contributed by atoms with Gasteiger partial charge in [-0.1, -0.05) is 12.8 Å². The molecule has 2 unspecified atom stereocenters. The van der Waals surface area contributed by atoms with Crippen molar-refractivity contribution in [3.05, 3.63) is 29.8 Å². The first-order chi connectivity index (χ1) is 9.58. The first-order valence-corrected chi connectivity index (χ1v) is 7.83. The Balaban J connectivity index is 2.14. The Bertz CT molecular complexity index is 614. The third-order valence-electron chi connectivity index (χ3n) is 4.52. The average molecular weight is 295 g/mol. The smallest absolute Gasteiger partial charge is 0.127 e. The van der Waals surface area contributed by atoms with Crippen LogP contribution >= 0.6 is 11.6 Å². The van der Waals surface area contributed by atoms with E-state index in [2.05, 4.69) is 16.5 Å². The maximum atomic E-state index is 13.6. The van der Waals surface area contributed by atoms with Crippen molar-refractivity contribution >= 4 is 22.6 Å². The van der Waals surface area contributed by atoms with E-state index in [0.29, 0.717) is 12.0 Å². The van der Waals surface area contributed by atoms with E-state index < -0.39 is 0 Å². The normalized spacial score (nSPS) is 19.6. The van der Waals surface area contributed by atoms with Crippen LogP contribution in [0.4, 0.5) is 4.39 Å². The van der Waals surface area contributed by atoms with Gasteiger partial charge in [0.05, 0.1) is 16.4 Å². The number of benzene rings is 1. The molecule has 0 radical (unpaired) electrons. The van der Waals surface area contributed by atoms with Gasteiger partial charge in [0.1, 0.15) is 11.6 Å². The van der Waals surface area contributed by atoms with Crippen LogP contribution in [0.1, 0.15) is 56.8 Å². The van der Waals surface area contributed by atoms with Gasteiger partial charge in [-0.2, -0.15) is 0 Å². The van der Waals surface area contributed by atoms with Crippen molar-refractivity contribution in [1.29, 1.82) is 0 Å². The largest absolute Gasteiger partial charge is 0.324 e. The number of alkyl halides is 1. The van der Waals surface area contributed by atoms with Crippen LogP contribution in [0.15, 0.2) is 18.2 Å². The van der Waals surface area contributed by atoms with Crippen molar-refractivity contribution in [2.24, 2.45) is 5.92 Å². The molecule has 1 aliphatic carbocycles. The number of imidazole rings is 1. The van der Waals surface area contributed by atoms with Crippen molar-refractivity contribution in [1.82, 2.24) is 9.55 Å². The highest BCUT2D eigenvalue weighted by molar-refractivity contribution is 6.20. The molecule has 1 aromatic heterocycles. The summed E-state index contributed by atoms with van der Waals surface area (Å²) in [4.78, 5) is 4.61. The van der Waals surface area contributed by atoms with E-state index in [9.17, 15) is 4.39 Å². The summed E-state index contributed by atoms with van der Waals surface area (Å²) in [5.74, 6) is 1.28. The van der Waals surface area contributed by atoms with Crippen LogP contribution in [-0.2, 0) is 0 Å². The summed E-state index contributed by atoms with van der Waals surface area (Å²) in [6.07, 6.45) is 5.07. The van der Waals surface area contributed by atoms with E-state index in [-0.39, 0.29) is 11.2 Å². The van der Waals surface area contributed by atoms with Gasteiger partial charge in [-0.15, -0.1) is 11.6 Å². The fourth-order valence-corrected chi connectivity index (χ4v) is 3.60. The molecule has 2 aromatic rings. The van der Waals surface area contributed by atoms with Gasteiger partial charge in [0.2, 0.25) is 0 Å². The van der Waals surface area contributed by atoms with Gasteiger partial charge in [0.15, 0.2) is 0 Å². The second kappa shape index (κ2) is 5.36. The number of hydrogen-bond acceptors (Lipinski definition) is 1. The third-order valence-corrected chi connectivity index (χ3v) is 4.72. The number of nitrogens with zero attached hydrogens (tertiary/aromatic N) is 2. The lowest BCUT2D eigenvalue weighted by Crippen LogP contribution is -2.17. The maximum absolute atomic E-state index is 13.6. The molecule has 2 atom stereocenters. The highest BCUT2D eigenvalue weighted by Crippen LogP contribution is 2.38. The number of rotatable bonds is 3. The number of hydrogen-bond donors (Lipinski definition) is 0. The summed E-state index contributed by atoms with van der Waals surface area (Å²) in [5.41, 5.74) is 1.70. The monoisotopic (exact) mass is 294 g/mol. The second-order valence-electron chi connectivity index (χ2n) is 5.87. The van der Waals surface area contributed by atoms with E-state index in [1.54, 1.807) is 12.1 Å². The van der Waals surface area contributed by atoms with Crippen molar-refractivity contribution in [2.75, 3.05) is 0 Å². The molecule has 0 spiro atoms. The number of aromatic nitrogens is 2. The highest BCUT2D eigenvalue weighted by Gasteiger charge is 2.27. The molecule has 1 aromatic carbocycles. The first kappa shape index (κ1) is 13.9. The van der Waals surface area contributed by atoms with Gasteiger partial charge in [-0.05, 0) is 50.8 Å². The van der Waals surface area contributed by atoms with E-state index in [0.717, 1.165) is 16.9 Å². The summed E-state index contributed by atoms with van der Waals surface area (Å²) >= 11 is 6.29. The maximum Gasteiger partial charge on any atom is 0.127 e. The van der Waals surface area contributed by atoms with Crippen molar-refractivity contribution in [3.8, 4) is 0 Å². The molecular weight excluding hydrogens is 275 g/mol. The number of fused-ring (bicyclic) bond motifs is 1. The molecule has 0 N–H and O–H groups in total. The van der Waals surface area contributed by atoms with Gasteiger partial charge in [0, 0.05) is 6.04 Å². The topological polar surface area (TPSA) is 17.8 Å². The Hall–Kier alpha value is -1.09. The molecule has 1 heterocycles. The van der Waals surface area contributed by atoms with E-state index in [1.165, 1.54) is 31.7 Å². The van der Waals surface area contributed by atoms with Crippen LogP contribution in [0, 0.1) is 11.7 Å². The van der Waals surface area contributed by atoms with Gasteiger partial charge in [0.25, 0.3) is 0 Å². The summed E-state index contributed by atoms with van der Waals surface area (Å²) in [6.45, 7) is 4.14. The van der Waals surface area contributed by atoms with E-state index >= 15 is 0 Å². The third kappa shape index (κ3) is 2.32. The van der Waals surface area contributed by atoms with Crippen LogP contribution in [0.2, 0.25) is 0 Å². The standard InChI is InChI=1S/C16H20ClFN2/c1-10(17)16-19-14-8-7-13(18)9-15(14)20(16)11(2)12-5-3-4-6-12/h7-12H,3-6H2,1-2H3. The van der Waals surface area contributed by atoms with E-state index in [4.69, 9.17) is 11.6 Å². The summed E-state index contributed by atoms with van der Waals surface area (Å²) < 4.78 is 15.8. The summed E-state index contributed by atoms with van der Waals surface area (Å²) in [6, 6.07) is 5.10. The van der Waals surface area contributed by atoms with Crippen molar-refractivity contribution in [2.45, 2.75) is 50.9 Å². The van der Waals surface area contributed by atoms with Gasteiger partial charge < -0.3 is 4.57 Å². The number of halogens is 2. The molecule has 0 bridgehead atoms. The fraction of sp³-hybridized carbons (Fsp3) is 0.562. The zero-order valence-corrected chi connectivity index (χ0v) is 12.7. The lowest BCUT2D eigenvalue weighted by Gasteiger charge is -2.24. The molecule has 1 saturated carbocycles. The van der Waals surface area contributed by atoms with Gasteiger partial charge in [-0.25, -0.2) is 9.37 Å². The SMILES string of the molecule is CC(Cl)c1nc2ccc(F)cc2n1C(C)C1CCCC1. The van der Waals surface area contributed by atoms with Crippen LogP contribution < -0.4 is 0 Å². The Kier molecular flexibility index (Phi) is 3.72. The molecule has 0 saturated heterocycles. The minimum absolute atomic E-state index is 0.172. The van der Waals surface area contributed by atoms with Crippen LogP contribution in [0.5, 0.6) is 0 Å². The quantitative estimate of drug-likeness (QED) is 0.709. The molecule has 20 heavy (non-hydrogen) atoms. The summed E-state index contributed by atoms with van der Waals surface area (Å²) in [7, 11) is 0. The molecular formula is C16H20ClFN2. The minimum atomic E-state index is -0.217. The molecule has 1 fully saturated rings. The average Bonchev–Trinajstić information content (AvgIpc) is 3.04. The molecule has 3 rings (SSSR count). The second-order valence-corrected chi connectivity index (χ2v) is 6.53. The Labute approximate surface area is 123 Å². The van der Waals surface area contributed by atoms with E-state index in [1.807, 2.05) is 6.92 Å². The Morgan fingerprint density at radius 1 is 1.30 bits per heavy atom. The Morgan fingerprint density at radius 2 is 2.00 bits per heavy atom. The highest BCUT2D eigenvalue weighted by atomic mass is 35.5. The molecule has 1 aliphatic rings.